The predicted octanol–water partition coefficient (Wildman–Crippen LogP) is 3.35. The average molecular weight is 417 g/mol. The molecule has 1 aliphatic rings. The summed E-state index contributed by atoms with van der Waals surface area (Å²) < 4.78 is 27.0. The molecule has 0 saturated carbocycles. The van der Waals surface area contributed by atoms with E-state index >= 15 is 0 Å². The van der Waals surface area contributed by atoms with Gasteiger partial charge < -0.3 is 10.2 Å². The molecule has 1 N–H and O–H groups in total. The Hall–Kier alpha value is -2.87. The molecule has 1 fully saturated rings. The van der Waals surface area contributed by atoms with Crippen molar-refractivity contribution >= 4 is 34.8 Å². The van der Waals surface area contributed by atoms with Crippen molar-refractivity contribution in [1.29, 1.82) is 0 Å². The van der Waals surface area contributed by atoms with Crippen molar-refractivity contribution in [3.8, 4) is 0 Å². The van der Waals surface area contributed by atoms with E-state index < -0.39 is 11.9 Å². The van der Waals surface area contributed by atoms with E-state index in [0.29, 0.717) is 35.9 Å². The van der Waals surface area contributed by atoms with Crippen LogP contribution in [0.15, 0.2) is 48.5 Å². The Kier molecular flexibility index (Phi) is 6.53. The summed E-state index contributed by atoms with van der Waals surface area (Å²) in [6, 6.07) is 11.1. The van der Waals surface area contributed by atoms with Crippen molar-refractivity contribution in [2.24, 2.45) is 0 Å². The van der Waals surface area contributed by atoms with E-state index in [1.807, 2.05) is 0 Å². The lowest BCUT2D eigenvalue weighted by molar-refractivity contribution is -0.130. The number of benzene rings is 2. The van der Waals surface area contributed by atoms with E-state index in [-0.39, 0.29) is 24.1 Å². The molecule has 0 bridgehead atoms. The molecule has 2 aromatic rings. The molecule has 3 rings (SSSR count). The largest absolute Gasteiger partial charge is 0.336 e. The Balaban J connectivity index is 1.71. The van der Waals surface area contributed by atoms with E-state index in [2.05, 4.69) is 5.32 Å². The highest BCUT2D eigenvalue weighted by Crippen LogP contribution is 2.22. The third kappa shape index (κ3) is 4.76. The van der Waals surface area contributed by atoms with E-state index in [0.717, 1.165) is 0 Å². The summed E-state index contributed by atoms with van der Waals surface area (Å²) in [5.74, 6) is -1.36. The van der Waals surface area contributed by atoms with Crippen LogP contribution in [0.25, 0.3) is 0 Å². The highest BCUT2D eigenvalue weighted by molar-refractivity contribution is 7.80. The second kappa shape index (κ2) is 9.09. The van der Waals surface area contributed by atoms with Gasteiger partial charge in [0.2, 0.25) is 5.91 Å². The molecular formula is C21H21F2N3O2S. The molecule has 1 atom stereocenters. The molecule has 1 aliphatic heterocycles. The Morgan fingerprint density at radius 2 is 1.83 bits per heavy atom. The molecule has 8 heteroatoms. The van der Waals surface area contributed by atoms with Crippen LogP contribution in [0, 0.1) is 11.6 Å². The zero-order valence-electron chi connectivity index (χ0n) is 15.9. The molecule has 2 amide bonds. The van der Waals surface area contributed by atoms with E-state index in [4.69, 9.17) is 12.2 Å². The first-order valence-corrected chi connectivity index (χ1v) is 9.72. The molecule has 152 valence electrons. The first kappa shape index (κ1) is 20.9. The van der Waals surface area contributed by atoms with Gasteiger partial charge in [-0.15, -0.1) is 0 Å². The predicted molar refractivity (Wildman–Crippen MR) is 110 cm³/mol. The maximum Gasteiger partial charge on any atom is 0.252 e. The summed E-state index contributed by atoms with van der Waals surface area (Å²) in [4.78, 5) is 28.4. The molecule has 0 radical (unpaired) electrons. The molecule has 0 aliphatic carbocycles. The van der Waals surface area contributed by atoms with Crippen LogP contribution in [0.3, 0.4) is 0 Å². The SMILES string of the molecule is CCN1C(=O)[C@@H](CC(=O)Nc2ccc(F)cc2)N(CCc2ccccc2F)C1=S. The standard InChI is InChI=1S/C21H21F2N3O2S/c1-2-25-20(28)18(13-19(27)24-16-9-7-15(22)8-10-16)26(21(25)29)12-11-14-5-3-4-6-17(14)23/h3-10,18H,2,11-13H2,1H3,(H,24,27)/t18-/m1/s1. The molecular weight excluding hydrogens is 396 g/mol. The van der Waals surface area contributed by atoms with Gasteiger partial charge in [0.15, 0.2) is 5.11 Å². The van der Waals surface area contributed by atoms with Crippen LogP contribution in [0.5, 0.6) is 0 Å². The molecule has 0 aromatic heterocycles. The Bertz CT molecular complexity index is 920. The van der Waals surface area contributed by atoms with E-state index in [9.17, 15) is 18.4 Å². The normalized spacial score (nSPS) is 16.4. The number of halogens is 2. The smallest absolute Gasteiger partial charge is 0.252 e. The second-order valence-corrected chi connectivity index (χ2v) is 7.04. The van der Waals surface area contributed by atoms with Gasteiger partial charge in [-0.25, -0.2) is 8.78 Å². The van der Waals surface area contributed by atoms with Crippen LogP contribution in [0.1, 0.15) is 18.9 Å². The minimum absolute atomic E-state index is 0.107. The molecule has 29 heavy (non-hydrogen) atoms. The highest BCUT2D eigenvalue weighted by Gasteiger charge is 2.42. The summed E-state index contributed by atoms with van der Waals surface area (Å²) >= 11 is 5.42. The van der Waals surface area contributed by atoms with Gasteiger partial charge in [0.25, 0.3) is 5.91 Å². The van der Waals surface area contributed by atoms with Crippen molar-refractivity contribution in [2.75, 3.05) is 18.4 Å². The third-order valence-corrected chi connectivity index (χ3v) is 5.26. The van der Waals surface area contributed by atoms with Crippen molar-refractivity contribution in [2.45, 2.75) is 25.8 Å². The zero-order chi connectivity index (χ0) is 21.0. The number of anilines is 1. The van der Waals surface area contributed by atoms with Crippen LogP contribution in [-0.4, -0.2) is 45.9 Å². The van der Waals surface area contributed by atoms with Crippen molar-refractivity contribution in [3.63, 3.8) is 0 Å². The molecule has 2 aromatic carbocycles. The van der Waals surface area contributed by atoms with Gasteiger partial charge in [-0.05, 0) is 61.5 Å². The number of hydrogen-bond donors (Lipinski definition) is 1. The van der Waals surface area contributed by atoms with Crippen LogP contribution in [-0.2, 0) is 16.0 Å². The fourth-order valence-corrected chi connectivity index (χ4v) is 3.74. The van der Waals surface area contributed by atoms with Gasteiger partial charge in [-0.2, -0.15) is 0 Å². The fraction of sp³-hybridized carbons (Fsp3) is 0.286. The number of amides is 2. The quantitative estimate of drug-likeness (QED) is 0.702. The number of nitrogens with zero attached hydrogens (tertiary/aromatic N) is 2. The Morgan fingerprint density at radius 1 is 1.14 bits per heavy atom. The maximum absolute atomic E-state index is 13.9. The lowest BCUT2D eigenvalue weighted by atomic mass is 10.1. The Labute approximate surface area is 173 Å². The third-order valence-electron chi connectivity index (χ3n) is 4.81. The number of rotatable bonds is 7. The minimum atomic E-state index is -0.755. The lowest BCUT2D eigenvalue weighted by Gasteiger charge is -2.24. The summed E-state index contributed by atoms with van der Waals surface area (Å²) in [5.41, 5.74) is 0.960. The maximum atomic E-state index is 13.9. The minimum Gasteiger partial charge on any atom is -0.336 e. The van der Waals surface area contributed by atoms with Crippen LogP contribution >= 0.6 is 12.2 Å². The number of carbonyl (C=O) groups excluding carboxylic acids is 2. The molecule has 1 saturated heterocycles. The summed E-state index contributed by atoms with van der Waals surface area (Å²) in [6.07, 6.45) is 0.248. The number of hydrogen-bond acceptors (Lipinski definition) is 3. The van der Waals surface area contributed by atoms with Gasteiger partial charge in [-0.1, -0.05) is 18.2 Å². The number of thiocarbonyl (C=S) groups is 1. The van der Waals surface area contributed by atoms with Crippen LogP contribution < -0.4 is 5.32 Å². The van der Waals surface area contributed by atoms with Gasteiger partial charge in [-0.3, -0.25) is 14.5 Å². The van der Waals surface area contributed by atoms with Crippen LogP contribution in [0.2, 0.25) is 0 Å². The van der Waals surface area contributed by atoms with Crippen molar-refractivity contribution in [3.05, 3.63) is 65.7 Å². The van der Waals surface area contributed by atoms with E-state index in [1.54, 1.807) is 30.0 Å². The van der Waals surface area contributed by atoms with Crippen molar-refractivity contribution < 1.29 is 18.4 Å². The molecule has 1 heterocycles. The summed E-state index contributed by atoms with van der Waals surface area (Å²) in [6.45, 7) is 2.51. The van der Waals surface area contributed by atoms with Gasteiger partial charge >= 0.3 is 0 Å². The molecule has 0 unspecified atom stereocenters. The summed E-state index contributed by atoms with van der Waals surface area (Å²) in [7, 11) is 0. The first-order chi connectivity index (χ1) is 13.9. The topological polar surface area (TPSA) is 52.7 Å². The van der Waals surface area contributed by atoms with Gasteiger partial charge in [0, 0.05) is 18.8 Å². The van der Waals surface area contributed by atoms with E-state index in [1.165, 1.54) is 35.2 Å². The summed E-state index contributed by atoms with van der Waals surface area (Å²) in [5, 5.41) is 3.00. The zero-order valence-corrected chi connectivity index (χ0v) is 16.7. The lowest BCUT2D eigenvalue weighted by Crippen LogP contribution is -2.39. The van der Waals surface area contributed by atoms with Crippen LogP contribution in [0.4, 0.5) is 14.5 Å². The fourth-order valence-electron chi connectivity index (χ4n) is 3.30. The van der Waals surface area contributed by atoms with Gasteiger partial charge in [0.1, 0.15) is 17.7 Å². The second-order valence-electron chi connectivity index (χ2n) is 6.67. The van der Waals surface area contributed by atoms with Crippen molar-refractivity contribution in [1.82, 2.24) is 9.80 Å². The van der Waals surface area contributed by atoms with Gasteiger partial charge in [0.05, 0.1) is 6.42 Å². The molecule has 5 nitrogen and oxygen atoms in total. The number of nitrogens with one attached hydrogen (secondary N) is 1. The number of likely N-dealkylation sites (N-methyl/N-ethyl adjacent to an activating group) is 1. The number of carbonyl (C=O) groups is 2. The average Bonchev–Trinajstić information content (AvgIpc) is 2.92. The first-order valence-electron chi connectivity index (χ1n) is 9.31. The Morgan fingerprint density at radius 3 is 2.48 bits per heavy atom. The molecule has 0 spiro atoms. The highest BCUT2D eigenvalue weighted by atomic mass is 32.1. The monoisotopic (exact) mass is 417 g/mol.